The summed E-state index contributed by atoms with van der Waals surface area (Å²) in [6.45, 7) is 0. The van der Waals surface area contributed by atoms with Gasteiger partial charge in [-0.3, -0.25) is 10.5 Å². The molecule has 0 fully saturated rings. The van der Waals surface area contributed by atoms with Crippen molar-refractivity contribution in [2.45, 2.75) is 0 Å². The van der Waals surface area contributed by atoms with E-state index in [0.717, 1.165) is 0 Å². The van der Waals surface area contributed by atoms with Crippen LogP contribution < -0.4 is 0 Å². The van der Waals surface area contributed by atoms with Gasteiger partial charge in [0.15, 0.2) is 17.4 Å². The average molecular weight is 182 g/mol. The van der Waals surface area contributed by atoms with Gasteiger partial charge in [0.25, 0.3) is 0 Å². The van der Waals surface area contributed by atoms with Crippen LogP contribution in [0.25, 0.3) is 0 Å². The molecule has 0 aromatic rings. The molecule has 0 aromatic carbocycles. The third-order valence-corrected chi connectivity index (χ3v) is 0. The van der Waals surface area contributed by atoms with E-state index in [4.69, 9.17) is 10.5 Å². The van der Waals surface area contributed by atoms with Crippen LogP contribution in [0, 0.1) is 0 Å². The Kier molecular flexibility index (Phi) is 327. The van der Waals surface area contributed by atoms with E-state index in [-0.39, 0.29) is 50.6 Å². The Labute approximate surface area is 61.1 Å². The van der Waals surface area contributed by atoms with Crippen LogP contribution in [0.1, 0.15) is 0 Å². The summed E-state index contributed by atoms with van der Waals surface area (Å²) < 4.78 is 0. The molecule has 0 unspecified atom stereocenters. The van der Waals surface area contributed by atoms with Crippen molar-refractivity contribution in [1.82, 2.24) is 0 Å². The van der Waals surface area contributed by atoms with Crippen molar-refractivity contribution >= 4 is 17.4 Å². The summed E-state index contributed by atoms with van der Waals surface area (Å²) in [6, 6.07) is 0. The summed E-state index contributed by atoms with van der Waals surface area (Å²) in [5.41, 5.74) is 0. The maximum Gasteiger partial charge on any atom is 0.187 e. The first-order chi connectivity index (χ1) is 1.00. The van der Waals surface area contributed by atoms with Crippen LogP contribution in [0.3, 0.4) is 0 Å². The summed E-state index contributed by atoms with van der Waals surface area (Å²) in [5, 5.41) is 12.0. The van der Waals surface area contributed by atoms with Gasteiger partial charge in [-0.2, -0.15) is 0 Å². The Balaban J connectivity index is -0.00000000167. The van der Waals surface area contributed by atoms with Gasteiger partial charge in [-0.1, -0.05) is 0 Å². The molecule has 0 atom stereocenters. The van der Waals surface area contributed by atoms with Gasteiger partial charge in [0.1, 0.15) is 0 Å². The summed E-state index contributed by atoms with van der Waals surface area (Å²) in [6.07, 6.45) is 0. The van der Waals surface area contributed by atoms with E-state index in [1.165, 1.54) is 0 Å². The first-order valence-electron chi connectivity index (χ1n) is 0.200. The van der Waals surface area contributed by atoms with Gasteiger partial charge in [-0.15, -0.1) is 0 Å². The van der Waals surface area contributed by atoms with Crippen LogP contribution in [0.15, 0.2) is 0 Å². The fourth-order valence-corrected chi connectivity index (χ4v) is 0. The number of rotatable bonds is 0. The van der Waals surface area contributed by atoms with Crippen LogP contribution in [0.2, 0.25) is 0 Å². The topological polar surface area (TPSA) is 40.5 Å². The average Bonchev–Trinajstić information content (AvgIpc) is 1.00. The standard InChI is InChI=1S/Al.Co.Ni.H2O2.3H/c;;;1-2;;;/h;;;1-2H;;;. The molecule has 0 bridgehead atoms. The molecular weight excluding hydrogens is 177 g/mol. The zero-order valence-corrected chi connectivity index (χ0v) is 3.57. The van der Waals surface area contributed by atoms with Crippen molar-refractivity contribution in [3.05, 3.63) is 0 Å². The Bertz CT molecular complexity index is 9.61. The van der Waals surface area contributed by atoms with Crippen LogP contribution in [0.5, 0.6) is 0 Å². The summed E-state index contributed by atoms with van der Waals surface area (Å²) >= 11 is 0. The quantitative estimate of drug-likeness (QED) is 0.281. The smallest absolute Gasteiger partial charge is 0.187 e. The van der Waals surface area contributed by atoms with Gasteiger partial charge in [-0.25, -0.2) is 0 Å². The Hall–Kier alpha value is 1.45. The fourth-order valence-electron chi connectivity index (χ4n) is 0. The number of hydrogen-bond donors (Lipinski definition) is 2. The minimum absolute atomic E-state index is 0. The molecule has 0 saturated carbocycles. The van der Waals surface area contributed by atoms with Crippen LogP contribution in [-0.4, -0.2) is 27.9 Å². The van der Waals surface area contributed by atoms with Crippen molar-refractivity contribution in [1.29, 1.82) is 0 Å². The Morgan fingerprint density at radius 3 is 1.00 bits per heavy atom. The maximum absolute atomic E-state index is 6.00. The monoisotopic (exact) mass is 181 g/mol. The molecule has 39 valence electrons. The molecule has 2 N–H and O–H groups in total. The van der Waals surface area contributed by atoms with E-state index < -0.39 is 0 Å². The molecule has 0 saturated heterocycles. The normalized spacial score (nSPS) is 1.20. The van der Waals surface area contributed by atoms with E-state index >= 15 is 0 Å². The molecule has 0 rings (SSSR count). The first-order valence-corrected chi connectivity index (χ1v) is 0.200. The van der Waals surface area contributed by atoms with Crippen molar-refractivity contribution < 1.29 is 43.8 Å². The molecule has 0 spiro atoms. The zero-order chi connectivity index (χ0) is 2.00. The zero-order valence-electron chi connectivity index (χ0n) is 1.54. The van der Waals surface area contributed by atoms with Crippen LogP contribution in [-0.2, 0) is 33.3 Å². The van der Waals surface area contributed by atoms with Crippen molar-refractivity contribution in [2.24, 2.45) is 0 Å². The third kappa shape index (κ3) is 30.8. The van der Waals surface area contributed by atoms with Gasteiger partial charge in [0.05, 0.1) is 0 Å². The van der Waals surface area contributed by atoms with Crippen molar-refractivity contribution in [3.63, 3.8) is 0 Å². The first kappa shape index (κ1) is 31.9. The summed E-state index contributed by atoms with van der Waals surface area (Å²) in [4.78, 5) is 0. The van der Waals surface area contributed by atoms with Gasteiger partial charge < -0.3 is 0 Å². The van der Waals surface area contributed by atoms with E-state index in [9.17, 15) is 0 Å². The predicted octanol–water partition coefficient (Wildman–Crippen LogP) is -1.17. The molecule has 0 heterocycles. The van der Waals surface area contributed by atoms with E-state index in [1.807, 2.05) is 0 Å². The van der Waals surface area contributed by atoms with Gasteiger partial charge in [0.2, 0.25) is 0 Å². The second-order valence-corrected chi connectivity index (χ2v) is 0. The summed E-state index contributed by atoms with van der Waals surface area (Å²) in [7, 11) is 0. The second kappa shape index (κ2) is 51.2. The van der Waals surface area contributed by atoms with Crippen LogP contribution in [0.4, 0.5) is 0 Å². The molecule has 0 aliphatic rings. The maximum atomic E-state index is 6.00. The minimum atomic E-state index is 0. The Morgan fingerprint density at radius 2 is 1.00 bits per heavy atom. The predicted molar refractivity (Wildman–Crippen MR) is 15.2 cm³/mol. The van der Waals surface area contributed by atoms with Gasteiger partial charge in [-0.05, 0) is 0 Å². The van der Waals surface area contributed by atoms with Crippen LogP contribution >= 0.6 is 0 Å². The molecular formula is H5AlCoNiO2. The largest absolute Gasteiger partial charge is 0.255 e. The third-order valence-electron chi connectivity index (χ3n) is 0. The van der Waals surface area contributed by atoms with E-state index in [0.29, 0.717) is 0 Å². The molecule has 2 nitrogen and oxygen atoms in total. The SMILES string of the molecule is OO.[AlH3].[Co].[Ni]. The minimum Gasteiger partial charge on any atom is -0.255 e. The van der Waals surface area contributed by atoms with E-state index in [1.54, 1.807) is 0 Å². The summed E-state index contributed by atoms with van der Waals surface area (Å²) in [5.74, 6) is 0. The van der Waals surface area contributed by atoms with E-state index in [2.05, 4.69) is 0 Å². The molecule has 0 aliphatic carbocycles. The van der Waals surface area contributed by atoms with Gasteiger partial charge in [0, 0.05) is 33.3 Å². The molecule has 0 aliphatic heterocycles. The van der Waals surface area contributed by atoms with Gasteiger partial charge >= 0.3 is 0 Å². The van der Waals surface area contributed by atoms with Crippen molar-refractivity contribution in [3.8, 4) is 0 Å². The molecule has 1 radical (unpaired) electrons. The second-order valence-electron chi connectivity index (χ2n) is 0. The number of hydrogen-bond acceptors (Lipinski definition) is 2. The molecule has 5 heavy (non-hydrogen) atoms. The molecule has 0 aromatic heterocycles. The Morgan fingerprint density at radius 1 is 1.00 bits per heavy atom. The fraction of sp³-hybridized carbons (Fsp3) is 0. The molecule has 0 amide bonds. The molecule has 5 heteroatoms. The van der Waals surface area contributed by atoms with Crippen molar-refractivity contribution in [2.75, 3.05) is 0 Å².